The average Bonchev–Trinajstić information content (AvgIpc) is 3.19. The molecule has 3 saturated heterocycles. The highest BCUT2D eigenvalue weighted by Crippen LogP contribution is 2.40. The molecule has 7 heteroatoms. The Kier molecular flexibility index (Phi) is 4.59. The summed E-state index contributed by atoms with van der Waals surface area (Å²) in [6, 6.07) is 7.61. The summed E-state index contributed by atoms with van der Waals surface area (Å²) >= 11 is 0. The number of rotatable bonds is 4. The summed E-state index contributed by atoms with van der Waals surface area (Å²) in [5.41, 5.74) is 3.21. The van der Waals surface area contributed by atoms with Gasteiger partial charge in [-0.25, -0.2) is 0 Å². The molecule has 1 saturated carbocycles. The lowest BCUT2D eigenvalue weighted by Gasteiger charge is -2.55. The molecule has 2 bridgehead atoms. The molecule has 0 spiro atoms. The van der Waals surface area contributed by atoms with E-state index in [4.69, 9.17) is 9.40 Å². The van der Waals surface area contributed by atoms with Crippen LogP contribution in [0.1, 0.15) is 36.5 Å². The second-order valence-corrected chi connectivity index (χ2v) is 8.57. The number of nitrogens with one attached hydrogen (secondary N) is 2. The van der Waals surface area contributed by atoms with Crippen LogP contribution >= 0.6 is 0 Å². The number of anilines is 1. The van der Waals surface area contributed by atoms with Crippen LogP contribution in [0.2, 0.25) is 0 Å². The maximum Gasteiger partial charge on any atom is 0.298 e. The molecule has 3 aliphatic heterocycles. The van der Waals surface area contributed by atoms with Crippen molar-refractivity contribution in [1.82, 2.24) is 20.5 Å². The highest BCUT2D eigenvalue weighted by Gasteiger charge is 2.46. The van der Waals surface area contributed by atoms with Crippen molar-refractivity contribution in [1.29, 1.82) is 0 Å². The molecular formula is C22H29N5O2. The molecule has 4 fully saturated rings. The number of benzene rings is 1. The third kappa shape index (κ3) is 3.13. The number of carbonyl (C=O) groups excluding carboxylic acids is 1. The van der Waals surface area contributed by atoms with E-state index < -0.39 is 0 Å². The van der Waals surface area contributed by atoms with Gasteiger partial charge >= 0.3 is 0 Å². The SMILES string of the molecule is C=C1C2CC(NC(=O)c3cccc4oc(N5CCN[C@@H](CC)C5)nc34)CC1N2C. The van der Waals surface area contributed by atoms with Gasteiger partial charge in [0.25, 0.3) is 11.9 Å². The first-order chi connectivity index (χ1) is 14.0. The summed E-state index contributed by atoms with van der Waals surface area (Å²) < 4.78 is 6.02. The predicted octanol–water partition coefficient (Wildman–Crippen LogP) is 2.15. The van der Waals surface area contributed by atoms with Crippen molar-refractivity contribution in [2.45, 2.75) is 50.4 Å². The zero-order valence-electron chi connectivity index (χ0n) is 17.1. The van der Waals surface area contributed by atoms with E-state index in [-0.39, 0.29) is 11.9 Å². The van der Waals surface area contributed by atoms with E-state index in [2.05, 4.69) is 41.0 Å². The Morgan fingerprint density at radius 3 is 2.90 bits per heavy atom. The van der Waals surface area contributed by atoms with E-state index in [9.17, 15) is 4.79 Å². The highest BCUT2D eigenvalue weighted by molar-refractivity contribution is 6.04. The number of hydrogen-bond donors (Lipinski definition) is 2. The molecule has 3 atom stereocenters. The quantitative estimate of drug-likeness (QED) is 0.773. The number of nitrogens with zero attached hydrogens (tertiary/aromatic N) is 3. The largest absolute Gasteiger partial charge is 0.423 e. The average molecular weight is 396 g/mol. The minimum Gasteiger partial charge on any atom is -0.423 e. The van der Waals surface area contributed by atoms with Gasteiger partial charge < -0.3 is 20.0 Å². The zero-order valence-corrected chi connectivity index (χ0v) is 17.1. The highest BCUT2D eigenvalue weighted by atomic mass is 16.4. The van der Waals surface area contributed by atoms with Gasteiger partial charge in [-0.3, -0.25) is 9.69 Å². The molecule has 1 aromatic carbocycles. The van der Waals surface area contributed by atoms with Crippen molar-refractivity contribution in [3.05, 3.63) is 35.9 Å². The van der Waals surface area contributed by atoms with Gasteiger partial charge in [0.15, 0.2) is 5.58 Å². The molecule has 4 aliphatic rings. The molecule has 2 N–H and O–H groups in total. The molecule has 0 radical (unpaired) electrons. The maximum absolute atomic E-state index is 13.0. The number of fused-ring (bicyclic) bond motifs is 3. The number of piperazine rings is 1. The molecule has 6 rings (SSSR count). The van der Waals surface area contributed by atoms with Crippen molar-refractivity contribution in [3.63, 3.8) is 0 Å². The van der Waals surface area contributed by atoms with E-state index >= 15 is 0 Å². The van der Waals surface area contributed by atoms with Crippen molar-refractivity contribution < 1.29 is 9.21 Å². The lowest BCUT2D eigenvalue weighted by Crippen LogP contribution is -2.64. The van der Waals surface area contributed by atoms with Crippen LogP contribution in [-0.2, 0) is 0 Å². The summed E-state index contributed by atoms with van der Waals surface area (Å²) in [7, 11) is 2.14. The molecule has 154 valence electrons. The van der Waals surface area contributed by atoms with Crippen LogP contribution in [0.4, 0.5) is 6.01 Å². The lowest BCUT2D eigenvalue weighted by molar-refractivity contribution is 0.0481. The van der Waals surface area contributed by atoms with Crippen LogP contribution in [0.5, 0.6) is 0 Å². The van der Waals surface area contributed by atoms with E-state index in [1.807, 2.05) is 18.2 Å². The van der Waals surface area contributed by atoms with Gasteiger partial charge in [0.1, 0.15) is 5.52 Å². The Balaban J connectivity index is 1.34. The Hall–Kier alpha value is -2.38. The Labute approximate surface area is 171 Å². The first kappa shape index (κ1) is 18.6. The van der Waals surface area contributed by atoms with Gasteiger partial charge in [-0.2, -0.15) is 4.98 Å². The fourth-order valence-corrected chi connectivity index (χ4v) is 5.06. The first-order valence-corrected chi connectivity index (χ1v) is 10.6. The first-order valence-electron chi connectivity index (χ1n) is 10.6. The summed E-state index contributed by atoms with van der Waals surface area (Å²) in [6.45, 7) is 8.99. The number of carbonyl (C=O) groups is 1. The lowest BCUT2D eigenvalue weighted by atomic mass is 9.74. The summed E-state index contributed by atoms with van der Waals surface area (Å²) in [5.74, 6) is -0.0678. The molecule has 1 aromatic heterocycles. The standard InChI is InChI=1S/C22H29N5O2/c1-4-14-12-27(9-8-23-14)22-25-20-16(6-5-7-19(20)29-22)21(28)24-15-10-17-13(2)18(11-15)26(17)3/h5-7,14-15,17-18,23H,2,4,8-12H2,1,3H3,(H,24,28)/t14-,15?,17?,18?/m0/s1. The van der Waals surface area contributed by atoms with Crippen molar-refractivity contribution in [2.75, 3.05) is 31.6 Å². The van der Waals surface area contributed by atoms with Crippen LogP contribution in [0.15, 0.2) is 34.8 Å². The molecule has 2 aromatic rings. The van der Waals surface area contributed by atoms with Crippen molar-refractivity contribution in [2.24, 2.45) is 0 Å². The summed E-state index contributed by atoms with van der Waals surface area (Å²) in [4.78, 5) is 22.3. The normalized spacial score (nSPS) is 29.7. The van der Waals surface area contributed by atoms with E-state index in [0.717, 1.165) is 38.9 Å². The van der Waals surface area contributed by atoms with Gasteiger partial charge in [-0.15, -0.1) is 0 Å². The monoisotopic (exact) mass is 395 g/mol. The molecular weight excluding hydrogens is 366 g/mol. The van der Waals surface area contributed by atoms with Gasteiger partial charge in [-0.1, -0.05) is 19.6 Å². The molecule has 4 heterocycles. The number of hydrogen-bond acceptors (Lipinski definition) is 6. The number of amides is 1. The van der Waals surface area contributed by atoms with Crippen LogP contribution in [0, 0.1) is 0 Å². The molecule has 2 unspecified atom stereocenters. The van der Waals surface area contributed by atoms with Gasteiger partial charge in [0, 0.05) is 43.8 Å². The zero-order chi connectivity index (χ0) is 20.1. The number of aromatic nitrogens is 1. The van der Waals surface area contributed by atoms with Gasteiger partial charge in [0.05, 0.1) is 5.56 Å². The Morgan fingerprint density at radius 1 is 1.38 bits per heavy atom. The van der Waals surface area contributed by atoms with Crippen molar-refractivity contribution >= 4 is 23.0 Å². The Morgan fingerprint density at radius 2 is 2.17 bits per heavy atom. The fraction of sp³-hybridized carbons (Fsp3) is 0.545. The summed E-state index contributed by atoms with van der Waals surface area (Å²) in [5, 5.41) is 6.73. The third-order valence-corrected chi connectivity index (χ3v) is 6.86. The van der Waals surface area contributed by atoms with Gasteiger partial charge in [0.2, 0.25) is 0 Å². The number of piperidine rings is 1. The van der Waals surface area contributed by atoms with Crippen molar-refractivity contribution in [3.8, 4) is 0 Å². The molecule has 1 amide bonds. The predicted molar refractivity (Wildman–Crippen MR) is 113 cm³/mol. The molecule has 1 aliphatic carbocycles. The smallest absolute Gasteiger partial charge is 0.298 e. The maximum atomic E-state index is 13.0. The number of para-hydroxylation sites is 1. The Bertz CT molecular complexity index is 938. The van der Waals surface area contributed by atoms with E-state index in [0.29, 0.717) is 40.8 Å². The number of oxazole rings is 1. The summed E-state index contributed by atoms with van der Waals surface area (Å²) in [6.07, 6.45) is 2.92. The van der Waals surface area contributed by atoms with Crippen LogP contribution < -0.4 is 15.5 Å². The van der Waals surface area contributed by atoms with E-state index in [1.54, 1.807) is 0 Å². The molecule has 7 nitrogen and oxygen atoms in total. The van der Waals surface area contributed by atoms with Crippen LogP contribution in [0.25, 0.3) is 11.1 Å². The van der Waals surface area contributed by atoms with Crippen LogP contribution in [0.3, 0.4) is 0 Å². The minimum absolute atomic E-state index is 0.0678. The second kappa shape index (κ2) is 7.15. The fourth-order valence-electron chi connectivity index (χ4n) is 5.06. The van der Waals surface area contributed by atoms with E-state index in [1.165, 1.54) is 5.57 Å². The topological polar surface area (TPSA) is 73.6 Å². The minimum atomic E-state index is -0.0678. The third-order valence-electron chi connectivity index (χ3n) is 6.86. The van der Waals surface area contributed by atoms with Gasteiger partial charge in [-0.05, 0) is 44.0 Å². The number of likely N-dealkylation sites (N-methyl/N-ethyl adjacent to an activating group) is 1. The second-order valence-electron chi connectivity index (χ2n) is 8.57. The van der Waals surface area contributed by atoms with Crippen LogP contribution in [-0.4, -0.2) is 66.6 Å². The molecule has 29 heavy (non-hydrogen) atoms.